The van der Waals surface area contributed by atoms with Crippen molar-refractivity contribution in [3.05, 3.63) is 52.3 Å². The molecule has 2 aromatic carbocycles. The predicted octanol–water partition coefficient (Wildman–Crippen LogP) is 4.10. The number of hydrogen-bond donors (Lipinski definition) is 1. The normalized spacial score (nSPS) is 11.7. The smallest absolute Gasteiger partial charge is 0.344 e. The van der Waals surface area contributed by atoms with Gasteiger partial charge in [-0.25, -0.2) is 14.8 Å². The second-order valence-electron chi connectivity index (χ2n) is 8.44. The van der Waals surface area contributed by atoms with Crippen molar-refractivity contribution >= 4 is 44.7 Å². The number of H-pyrrole nitrogens is 1. The summed E-state index contributed by atoms with van der Waals surface area (Å²) in [5.41, 5.74) is 2.64. The molecule has 0 saturated heterocycles. The molecule has 0 bridgehead atoms. The van der Waals surface area contributed by atoms with Crippen LogP contribution in [0, 0.1) is 5.92 Å². The third kappa shape index (κ3) is 3.40. The predicted molar refractivity (Wildman–Crippen MR) is 129 cm³/mol. The maximum absolute atomic E-state index is 13.3. The van der Waals surface area contributed by atoms with Gasteiger partial charge in [0, 0.05) is 6.07 Å². The number of nitrogens with zero attached hydrogens (tertiary/aromatic N) is 3. The van der Waals surface area contributed by atoms with E-state index in [1.165, 1.54) is 14.2 Å². The average Bonchev–Trinajstić information content (AvgIpc) is 3.14. The summed E-state index contributed by atoms with van der Waals surface area (Å²) in [6.45, 7) is 4.37. The Morgan fingerprint density at radius 3 is 2.41 bits per heavy atom. The Kier molecular flexibility index (Phi) is 5.31. The third-order valence-corrected chi connectivity index (χ3v) is 5.81. The number of hydrogen-bond acceptors (Lipinski definition) is 7. The number of para-hydroxylation sites is 2. The zero-order valence-corrected chi connectivity index (χ0v) is 19.3. The lowest BCUT2D eigenvalue weighted by Crippen LogP contribution is -2.13. The Bertz CT molecular complexity index is 1630. The molecule has 0 atom stereocenters. The van der Waals surface area contributed by atoms with Crippen LogP contribution in [0.2, 0.25) is 0 Å². The van der Waals surface area contributed by atoms with Crippen molar-refractivity contribution in [1.29, 1.82) is 0 Å². The van der Waals surface area contributed by atoms with Crippen molar-refractivity contribution in [3.8, 4) is 11.5 Å². The van der Waals surface area contributed by atoms with Crippen molar-refractivity contribution in [2.45, 2.75) is 20.3 Å². The van der Waals surface area contributed by atoms with Gasteiger partial charge in [-0.3, -0.25) is 9.20 Å². The molecule has 174 valence electrons. The molecular weight excluding hydrogens is 436 g/mol. The molecule has 5 aromatic rings. The molecule has 0 amide bonds. The highest BCUT2D eigenvalue weighted by Crippen LogP contribution is 2.34. The molecule has 0 aliphatic carbocycles. The molecular formula is C25H24N4O5. The summed E-state index contributed by atoms with van der Waals surface area (Å²) in [7, 11) is 3.02. The number of rotatable bonds is 6. The number of aromatic nitrogens is 4. The van der Waals surface area contributed by atoms with Gasteiger partial charge in [-0.05, 0) is 30.5 Å². The van der Waals surface area contributed by atoms with Gasteiger partial charge in [0.05, 0.1) is 42.8 Å². The zero-order chi connectivity index (χ0) is 24.0. The lowest BCUT2D eigenvalue weighted by atomic mass is 10.1. The van der Waals surface area contributed by atoms with Crippen LogP contribution in [0.15, 0.2) is 41.2 Å². The lowest BCUT2D eigenvalue weighted by Gasteiger charge is -2.11. The molecule has 0 aliphatic heterocycles. The third-order valence-electron chi connectivity index (χ3n) is 5.81. The molecule has 5 rings (SSSR count). The first-order chi connectivity index (χ1) is 16.4. The second-order valence-corrected chi connectivity index (χ2v) is 8.44. The minimum Gasteiger partial charge on any atom is -0.493 e. The Morgan fingerprint density at radius 1 is 1.06 bits per heavy atom. The van der Waals surface area contributed by atoms with Gasteiger partial charge < -0.3 is 19.2 Å². The van der Waals surface area contributed by atoms with E-state index < -0.39 is 5.97 Å². The van der Waals surface area contributed by atoms with Crippen molar-refractivity contribution in [1.82, 2.24) is 19.4 Å². The Labute approximate surface area is 194 Å². The summed E-state index contributed by atoms with van der Waals surface area (Å²) in [5, 5.41) is 0.358. The maximum Gasteiger partial charge on any atom is 0.344 e. The molecule has 9 nitrogen and oxygen atoms in total. The number of esters is 1. The van der Waals surface area contributed by atoms with Crippen LogP contribution in [0.3, 0.4) is 0 Å². The number of fused-ring (bicyclic) bond motifs is 6. The maximum atomic E-state index is 13.3. The van der Waals surface area contributed by atoms with Gasteiger partial charge in [0.1, 0.15) is 16.7 Å². The number of carbonyl (C=O) groups excluding carboxylic acids is 1. The van der Waals surface area contributed by atoms with Crippen molar-refractivity contribution in [3.63, 3.8) is 0 Å². The van der Waals surface area contributed by atoms with E-state index in [9.17, 15) is 9.59 Å². The minimum atomic E-state index is -0.562. The van der Waals surface area contributed by atoms with E-state index in [4.69, 9.17) is 24.2 Å². The van der Waals surface area contributed by atoms with E-state index in [2.05, 4.69) is 18.8 Å². The van der Waals surface area contributed by atoms with Crippen LogP contribution in [0.1, 0.15) is 30.6 Å². The molecule has 0 fully saturated rings. The van der Waals surface area contributed by atoms with Crippen LogP contribution in [-0.4, -0.2) is 46.1 Å². The number of nitrogens with one attached hydrogen (secondary N) is 1. The molecule has 3 aromatic heterocycles. The molecule has 9 heteroatoms. The van der Waals surface area contributed by atoms with Gasteiger partial charge in [-0.2, -0.15) is 0 Å². The van der Waals surface area contributed by atoms with E-state index >= 15 is 0 Å². The topological polar surface area (TPSA) is 108 Å². The number of aromatic amines is 1. The Morgan fingerprint density at radius 2 is 1.74 bits per heavy atom. The van der Waals surface area contributed by atoms with E-state index in [1.54, 1.807) is 16.5 Å². The van der Waals surface area contributed by atoms with Crippen LogP contribution in [0.5, 0.6) is 11.5 Å². The van der Waals surface area contributed by atoms with Gasteiger partial charge >= 0.3 is 5.97 Å². The zero-order valence-electron chi connectivity index (χ0n) is 19.3. The van der Waals surface area contributed by atoms with Crippen LogP contribution < -0.4 is 15.0 Å². The van der Waals surface area contributed by atoms with Gasteiger partial charge in [-0.1, -0.05) is 26.0 Å². The number of methoxy groups -OCH3 is 2. The molecule has 0 radical (unpaired) electrons. The average molecular weight is 460 g/mol. The number of ether oxygens (including phenoxy) is 3. The van der Waals surface area contributed by atoms with E-state index in [-0.39, 0.29) is 23.4 Å². The highest BCUT2D eigenvalue weighted by atomic mass is 16.5. The quantitative estimate of drug-likeness (QED) is 0.380. The van der Waals surface area contributed by atoms with Crippen LogP contribution >= 0.6 is 0 Å². The molecule has 0 unspecified atom stereocenters. The summed E-state index contributed by atoms with van der Waals surface area (Å²) >= 11 is 0. The van der Waals surface area contributed by atoms with Gasteiger partial charge in [0.25, 0.3) is 5.56 Å². The SMILES string of the molecule is COc1cc2c(=O)[nH]c3c(C(=O)OCCC(C)C)c4nc5ccccc5nc4n3c2cc1OC. The van der Waals surface area contributed by atoms with Crippen LogP contribution in [-0.2, 0) is 4.74 Å². The molecule has 0 aliphatic rings. The number of carbonyl (C=O) groups is 1. The first-order valence-electron chi connectivity index (χ1n) is 11.0. The highest BCUT2D eigenvalue weighted by Gasteiger charge is 2.26. The fourth-order valence-corrected chi connectivity index (χ4v) is 4.06. The lowest BCUT2D eigenvalue weighted by molar-refractivity contribution is 0.0492. The fourth-order valence-electron chi connectivity index (χ4n) is 4.06. The summed E-state index contributed by atoms with van der Waals surface area (Å²) in [6, 6.07) is 10.7. The first kappa shape index (κ1) is 21.7. The minimum absolute atomic E-state index is 0.172. The summed E-state index contributed by atoms with van der Waals surface area (Å²) in [5.74, 6) is 0.679. The molecule has 34 heavy (non-hydrogen) atoms. The van der Waals surface area contributed by atoms with Crippen molar-refractivity contribution < 1.29 is 19.0 Å². The van der Waals surface area contributed by atoms with Gasteiger partial charge in [0.2, 0.25) is 0 Å². The Balaban J connectivity index is 1.90. The van der Waals surface area contributed by atoms with Crippen molar-refractivity contribution in [2.75, 3.05) is 20.8 Å². The summed E-state index contributed by atoms with van der Waals surface area (Å²) < 4.78 is 18.1. The standard InChI is InChI=1S/C25H24N4O5/c1-13(2)9-10-34-25(31)20-21-23(27-16-8-6-5-7-15(16)26-21)29-17-12-19(33-4)18(32-3)11-14(17)24(30)28-22(20)29/h5-8,11-13H,9-10H2,1-4H3,(H,28,30). The van der Waals surface area contributed by atoms with Crippen molar-refractivity contribution in [2.24, 2.45) is 5.92 Å². The summed E-state index contributed by atoms with van der Waals surface area (Å²) in [4.78, 5) is 38.7. The van der Waals surface area contributed by atoms with Gasteiger partial charge in [-0.15, -0.1) is 0 Å². The molecule has 0 saturated carbocycles. The number of benzene rings is 2. The molecule has 1 N–H and O–H groups in total. The summed E-state index contributed by atoms with van der Waals surface area (Å²) in [6.07, 6.45) is 0.723. The van der Waals surface area contributed by atoms with E-state index in [1.807, 2.05) is 24.3 Å². The van der Waals surface area contributed by atoms with Crippen LogP contribution in [0.25, 0.3) is 38.7 Å². The van der Waals surface area contributed by atoms with Crippen LogP contribution in [0.4, 0.5) is 0 Å². The first-order valence-corrected chi connectivity index (χ1v) is 11.0. The monoisotopic (exact) mass is 460 g/mol. The second kappa shape index (κ2) is 8.33. The van der Waals surface area contributed by atoms with E-state index in [0.29, 0.717) is 50.5 Å². The largest absolute Gasteiger partial charge is 0.493 e. The Hall–Kier alpha value is -4.14. The molecule has 0 spiro atoms. The fraction of sp³-hybridized carbons (Fsp3) is 0.280. The van der Waals surface area contributed by atoms with E-state index in [0.717, 1.165) is 6.42 Å². The molecule has 3 heterocycles. The van der Waals surface area contributed by atoms with Gasteiger partial charge in [0.15, 0.2) is 17.1 Å². The highest BCUT2D eigenvalue weighted by molar-refractivity contribution is 6.11.